The number of halogens is 2. The Morgan fingerprint density at radius 1 is 0.950 bits per heavy atom. The third-order valence-corrected chi connectivity index (χ3v) is 2.99. The lowest BCUT2D eigenvalue weighted by molar-refractivity contribution is 0.627. The van der Waals surface area contributed by atoms with Gasteiger partial charge in [0.25, 0.3) is 0 Å². The number of rotatable bonds is 1. The molecule has 3 aromatic rings. The first-order valence-electron chi connectivity index (χ1n) is 6.03. The van der Waals surface area contributed by atoms with Crippen LogP contribution in [0.5, 0.6) is 0 Å². The van der Waals surface area contributed by atoms with E-state index >= 15 is 0 Å². The van der Waals surface area contributed by atoms with Gasteiger partial charge in [-0.2, -0.15) is 0 Å². The van der Waals surface area contributed by atoms with Crippen LogP contribution in [0, 0.1) is 18.6 Å². The summed E-state index contributed by atoms with van der Waals surface area (Å²) in [5, 5.41) is 0.446. The topological polar surface area (TPSA) is 51.8 Å². The standard InChI is InChI=1S/C15H11F2N3/c1-8-4-9(6-11(17)5-8)15-19-13-3-2-10(16)7-12(13)14(18)20-15/h2-7H,1H3,(H2,18,19,20). The van der Waals surface area contributed by atoms with Crippen LogP contribution < -0.4 is 5.73 Å². The second-order valence-electron chi connectivity index (χ2n) is 4.61. The summed E-state index contributed by atoms with van der Waals surface area (Å²) in [5.41, 5.74) is 7.66. The third kappa shape index (κ3) is 2.18. The van der Waals surface area contributed by atoms with Gasteiger partial charge in [-0.05, 0) is 48.9 Å². The smallest absolute Gasteiger partial charge is 0.162 e. The van der Waals surface area contributed by atoms with E-state index in [0.717, 1.165) is 5.56 Å². The van der Waals surface area contributed by atoms with Crippen LogP contribution in [0.4, 0.5) is 14.6 Å². The van der Waals surface area contributed by atoms with Gasteiger partial charge in [-0.1, -0.05) is 0 Å². The van der Waals surface area contributed by atoms with Crippen molar-refractivity contribution in [2.45, 2.75) is 6.92 Å². The highest BCUT2D eigenvalue weighted by atomic mass is 19.1. The fraction of sp³-hybridized carbons (Fsp3) is 0.0667. The molecule has 0 spiro atoms. The number of nitrogens with two attached hydrogens (primary N) is 1. The predicted octanol–water partition coefficient (Wildman–Crippen LogP) is 3.47. The largest absolute Gasteiger partial charge is 0.383 e. The maximum absolute atomic E-state index is 13.4. The first-order chi connectivity index (χ1) is 9.52. The molecule has 1 heterocycles. The molecule has 3 rings (SSSR count). The molecular weight excluding hydrogens is 260 g/mol. The Balaban J connectivity index is 2.24. The van der Waals surface area contributed by atoms with Crippen molar-refractivity contribution in [3.63, 3.8) is 0 Å². The van der Waals surface area contributed by atoms with E-state index in [1.807, 2.05) is 0 Å². The zero-order chi connectivity index (χ0) is 14.3. The number of fused-ring (bicyclic) bond motifs is 1. The van der Waals surface area contributed by atoms with E-state index in [2.05, 4.69) is 9.97 Å². The summed E-state index contributed by atoms with van der Waals surface area (Å²) < 4.78 is 26.6. The van der Waals surface area contributed by atoms with Gasteiger partial charge in [-0.25, -0.2) is 18.7 Å². The first-order valence-corrected chi connectivity index (χ1v) is 6.03. The molecule has 0 saturated carbocycles. The zero-order valence-corrected chi connectivity index (χ0v) is 10.7. The molecule has 0 aliphatic heterocycles. The van der Waals surface area contributed by atoms with Gasteiger partial charge in [-0.3, -0.25) is 0 Å². The van der Waals surface area contributed by atoms with Crippen molar-refractivity contribution < 1.29 is 8.78 Å². The molecule has 0 radical (unpaired) electrons. The lowest BCUT2D eigenvalue weighted by Gasteiger charge is -2.06. The average Bonchev–Trinajstić information content (AvgIpc) is 2.38. The van der Waals surface area contributed by atoms with Gasteiger partial charge in [0.1, 0.15) is 17.5 Å². The van der Waals surface area contributed by atoms with Gasteiger partial charge >= 0.3 is 0 Å². The van der Waals surface area contributed by atoms with E-state index in [9.17, 15) is 8.78 Å². The van der Waals surface area contributed by atoms with E-state index in [1.54, 1.807) is 13.0 Å². The van der Waals surface area contributed by atoms with Gasteiger partial charge in [0.15, 0.2) is 5.82 Å². The number of benzene rings is 2. The van der Waals surface area contributed by atoms with Crippen LogP contribution in [-0.4, -0.2) is 9.97 Å². The monoisotopic (exact) mass is 271 g/mol. The Morgan fingerprint density at radius 3 is 2.50 bits per heavy atom. The van der Waals surface area contributed by atoms with E-state index in [0.29, 0.717) is 22.3 Å². The minimum atomic E-state index is -0.401. The summed E-state index contributed by atoms with van der Waals surface area (Å²) in [7, 11) is 0. The molecule has 0 aliphatic rings. The van der Waals surface area contributed by atoms with Crippen LogP contribution in [0.1, 0.15) is 5.56 Å². The van der Waals surface area contributed by atoms with Gasteiger partial charge in [0.05, 0.1) is 5.52 Å². The summed E-state index contributed by atoms with van der Waals surface area (Å²) in [6.07, 6.45) is 0. The number of nitrogen functional groups attached to an aromatic ring is 1. The third-order valence-electron chi connectivity index (χ3n) is 2.99. The Bertz CT molecular complexity index is 795. The van der Waals surface area contributed by atoms with E-state index in [4.69, 9.17) is 5.73 Å². The Labute approximate surface area is 114 Å². The number of hydrogen-bond donors (Lipinski definition) is 1. The Hall–Kier alpha value is -2.56. The van der Waals surface area contributed by atoms with Gasteiger partial charge in [-0.15, -0.1) is 0 Å². The highest BCUT2D eigenvalue weighted by Crippen LogP contribution is 2.24. The fourth-order valence-electron chi connectivity index (χ4n) is 2.12. The first kappa shape index (κ1) is 12.5. The van der Waals surface area contributed by atoms with Crippen LogP contribution in [0.15, 0.2) is 36.4 Å². The van der Waals surface area contributed by atoms with Gasteiger partial charge in [0.2, 0.25) is 0 Å². The van der Waals surface area contributed by atoms with Crippen molar-refractivity contribution in [1.29, 1.82) is 0 Å². The second-order valence-corrected chi connectivity index (χ2v) is 4.61. The summed E-state index contributed by atoms with van der Waals surface area (Å²) in [6, 6.07) is 8.65. The molecule has 1 aromatic heterocycles. The van der Waals surface area contributed by atoms with Crippen molar-refractivity contribution in [3.05, 3.63) is 53.6 Å². The second kappa shape index (κ2) is 4.52. The molecule has 0 aliphatic carbocycles. The minimum absolute atomic E-state index is 0.173. The molecule has 2 aromatic carbocycles. The SMILES string of the molecule is Cc1cc(F)cc(-c2nc(N)c3cc(F)ccc3n2)c1. The van der Waals surface area contributed by atoms with Crippen molar-refractivity contribution in [3.8, 4) is 11.4 Å². The molecule has 3 nitrogen and oxygen atoms in total. The Kier molecular flexibility index (Phi) is 2.82. The van der Waals surface area contributed by atoms with Crippen LogP contribution in [0.2, 0.25) is 0 Å². The summed E-state index contributed by atoms with van der Waals surface area (Å²) in [4.78, 5) is 8.43. The molecule has 0 bridgehead atoms. The number of aryl methyl sites for hydroxylation is 1. The van der Waals surface area contributed by atoms with E-state index in [-0.39, 0.29) is 11.6 Å². The molecule has 5 heteroatoms. The highest BCUT2D eigenvalue weighted by Gasteiger charge is 2.09. The van der Waals surface area contributed by atoms with Gasteiger partial charge in [0, 0.05) is 10.9 Å². The molecule has 20 heavy (non-hydrogen) atoms. The maximum Gasteiger partial charge on any atom is 0.162 e. The molecule has 100 valence electrons. The minimum Gasteiger partial charge on any atom is -0.383 e. The molecule has 0 unspecified atom stereocenters. The predicted molar refractivity (Wildman–Crippen MR) is 74.0 cm³/mol. The molecule has 0 fully saturated rings. The molecule has 0 atom stereocenters. The van der Waals surface area contributed by atoms with Crippen molar-refractivity contribution in [1.82, 2.24) is 9.97 Å². The van der Waals surface area contributed by atoms with Crippen molar-refractivity contribution in [2.75, 3.05) is 5.73 Å². The van der Waals surface area contributed by atoms with Crippen molar-refractivity contribution in [2.24, 2.45) is 0 Å². The number of aromatic nitrogens is 2. The molecule has 0 amide bonds. The average molecular weight is 271 g/mol. The van der Waals surface area contributed by atoms with Crippen molar-refractivity contribution >= 4 is 16.7 Å². The number of hydrogen-bond acceptors (Lipinski definition) is 3. The Morgan fingerprint density at radius 2 is 1.75 bits per heavy atom. The summed E-state index contributed by atoms with van der Waals surface area (Å²) in [6.45, 7) is 1.78. The lowest BCUT2D eigenvalue weighted by atomic mass is 10.1. The highest BCUT2D eigenvalue weighted by molar-refractivity contribution is 5.89. The molecule has 2 N–H and O–H groups in total. The number of nitrogens with zero attached hydrogens (tertiary/aromatic N) is 2. The van der Waals surface area contributed by atoms with E-state index < -0.39 is 5.82 Å². The maximum atomic E-state index is 13.4. The summed E-state index contributed by atoms with van der Waals surface area (Å²) >= 11 is 0. The summed E-state index contributed by atoms with van der Waals surface area (Å²) in [5.74, 6) is -0.265. The van der Waals surface area contributed by atoms with Crippen LogP contribution in [0.3, 0.4) is 0 Å². The van der Waals surface area contributed by atoms with Gasteiger partial charge < -0.3 is 5.73 Å². The zero-order valence-electron chi connectivity index (χ0n) is 10.7. The molecular formula is C15H11F2N3. The normalized spacial score (nSPS) is 10.9. The quantitative estimate of drug-likeness (QED) is 0.737. The van der Waals surface area contributed by atoms with Crippen LogP contribution >= 0.6 is 0 Å². The van der Waals surface area contributed by atoms with Crippen LogP contribution in [-0.2, 0) is 0 Å². The number of anilines is 1. The molecule has 0 saturated heterocycles. The van der Waals surface area contributed by atoms with Crippen LogP contribution in [0.25, 0.3) is 22.3 Å². The lowest BCUT2D eigenvalue weighted by Crippen LogP contribution is -1.98. The fourth-order valence-corrected chi connectivity index (χ4v) is 2.12. The van der Waals surface area contributed by atoms with E-state index in [1.165, 1.54) is 30.3 Å².